The molecule has 0 aromatic carbocycles. The zero-order chi connectivity index (χ0) is 8.78. The number of hydrogen-bond acceptors (Lipinski definition) is 2. The first kappa shape index (κ1) is 12.1. The molecule has 0 fully saturated rings. The Morgan fingerprint density at radius 3 is 1.30 bits per heavy atom. The van der Waals surface area contributed by atoms with Gasteiger partial charge in [-0.2, -0.15) is 0 Å². The second kappa shape index (κ2) is 5.15. The SMILES string of the molecule is CC(C)(C)C=O.CC(C)=O. The van der Waals surface area contributed by atoms with Crippen LogP contribution in [0.2, 0.25) is 0 Å². The monoisotopic (exact) mass is 144 g/mol. The minimum absolute atomic E-state index is 0.139. The molecule has 0 atom stereocenters. The number of ketones is 1. The van der Waals surface area contributed by atoms with Crippen LogP contribution in [0.25, 0.3) is 0 Å². The van der Waals surface area contributed by atoms with Crippen molar-refractivity contribution in [2.75, 3.05) is 0 Å². The molecule has 0 spiro atoms. The molecule has 0 aromatic rings. The molecule has 0 saturated heterocycles. The van der Waals surface area contributed by atoms with Crippen molar-refractivity contribution in [2.24, 2.45) is 5.41 Å². The van der Waals surface area contributed by atoms with Gasteiger partial charge in [0.15, 0.2) is 0 Å². The molecule has 0 aliphatic carbocycles. The van der Waals surface area contributed by atoms with Crippen LogP contribution in [0.3, 0.4) is 0 Å². The van der Waals surface area contributed by atoms with Crippen molar-refractivity contribution in [3.05, 3.63) is 0 Å². The summed E-state index contributed by atoms with van der Waals surface area (Å²) in [4.78, 5) is 19.3. The second-order valence-corrected chi connectivity index (χ2v) is 3.39. The molecule has 0 unspecified atom stereocenters. The second-order valence-electron chi connectivity index (χ2n) is 3.39. The predicted molar refractivity (Wildman–Crippen MR) is 41.9 cm³/mol. The van der Waals surface area contributed by atoms with E-state index in [0.717, 1.165) is 6.29 Å². The van der Waals surface area contributed by atoms with Crippen LogP contribution in [0.15, 0.2) is 0 Å². The highest BCUT2D eigenvalue weighted by Gasteiger charge is 2.04. The number of aldehydes is 1. The molecule has 0 saturated carbocycles. The van der Waals surface area contributed by atoms with Crippen LogP contribution in [-0.4, -0.2) is 12.1 Å². The number of Topliss-reactive ketones (excluding diaryl/α,β-unsaturated/α-hetero) is 1. The Bertz CT molecular complexity index is 105. The lowest BCUT2D eigenvalue weighted by Gasteiger charge is -2.03. The van der Waals surface area contributed by atoms with E-state index in [9.17, 15) is 9.59 Å². The van der Waals surface area contributed by atoms with Crippen LogP contribution in [0.4, 0.5) is 0 Å². The first-order chi connectivity index (χ1) is 4.29. The van der Waals surface area contributed by atoms with Crippen LogP contribution in [0.5, 0.6) is 0 Å². The first-order valence-electron chi connectivity index (χ1n) is 3.23. The number of carbonyl (C=O) groups is 2. The van der Waals surface area contributed by atoms with E-state index in [1.165, 1.54) is 13.8 Å². The van der Waals surface area contributed by atoms with Crippen LogP contribution in [0, 0.1) is 5.41 Å². The lowest BCUT2D eigenvalue weighted by Crippen LogP contribution is -2.04. The third kappa shape index (κ3) is 53.9. The molecule has 0 aliphatic rings. The van der Waals surface area contributed by atoms with Crippen molar-refractivity contribution in [1.29, 1.82) is 0 Å². The van der Waals surface area contributed by atoms with Crippen molar-refractivity contribution >= 4 is 12.1 Å². The molecule has 0 rings (SSSR count). The minimum atomic E-state index is -0.139. The Morgan fingerprint density at radius 1 is 1.20 bits per heavy atom. The molecule has 2 nitrogen and oxygen atoms in total. The Balaban J connectivity index is 0. The van der Waals surface area contributed by atoms with Gasteiger partial charge in [0.05, 0.1) is 0 Å². The molecule has 0 radical (unpaired) electrons. The van der Waals surface area contributed by atoms with E-state index in [1.54, 1.807) is 0 Å². The fourth-order valence-electron chi connectivity index (χ4n) is 0. The molecular formula is C8H16O2. The molecule has 0 bridgehead atoms. The average molecular weight is 144 g/mol. The van der Waals surface area contributed by atoms with E-state index in [1.807, 2.05) is 20.8 Å². The fourth-order valence-corrected chi connectivity index (χ4v) is 0. The van der Waals surface area contributed by atoms with Crippen molar-refractivity contribution in [3.8, 4) is 0 Å². The zero-order valence-corrected chi connectivity index (χ0v) is 7.39. The Labute approximate surface area is 62.6 Å². The predicted octanol–water partition coefficient (Wildman–Crippen LogP) is 1.83. The summed E-state index contributed by atoms with van der Waals surface area (Å²) in [5, 5.41) is 0. The molecule has 0 heterocycles. The molecule has 0 aromatic heterocycles. The van der Waals surface area contributed by atoms with Crippen molar-refractivity contribution in [1.82, 2.24) is 0 Å². The summed E-state index contributed by atoms with van der Waals surface area (Å²) in [5.41, 5.74) is -0.139. The lowest BCUT2D eigenvalue weighted by atomic mass is 10.0. The van der Waals surface area contributed by atoms with Gasteiger partial charge in [0.25, 0.3) is 0 Å². The summed E-state index contributed by atoms with van der Waals surface area (Å²) in [6.45, 7) is 8.68. The van der Waals surface area contributed by atoms with Crippen LogP contribution in [0.1, 0.15) is 34.6 Å². The summed E-state index contributed by atoms with van der Waals surface area (Å²) in [7, 11) is 0. The molecule has 60 valence electrons. The highest BCUT2D eigenvalue weighted by atomic mass is 16.1. The maximum absolute atomic E-state index is 9.83. The number of carbonyl (C=O) groups excluding carboxylic acids is 2. The Hall–Kier alpha value is -0.660. The van der Waals surface area contributed by atoms with E-state index < -0.39 is 0 Å². The zero-order valence-electron chi connectivity index (χ0n) is 7.39. The summed E-state index contributed by atoms with van der Waals surface area (Å²) >= 11 is 0. The van der Waals surface area contributed by atoms with Gasteiger partial charge in [-0.05, 0) is 13.8 Å². The largest absolute Gasteiger partial charge is 0.303 e. The third-order valence-electron chi connectivity index (χ3n) is 0.354. The van der Waals surface area contributed by atoms with Gasteiger partial charge in [0.2, 0.25) is 0 Å². The number of rotatable bonds is 0. The highest BCUT2D eigenvalue weighted by Crippen LogP contribution is 2.05. The Kier molecular flexibility index (Phi) is 6.21. The van der Waals surface area contributed by atoms with Gasteiger partial charge in [-0.15, -0.1) is 0 Å². The van der Waals surface area contributed by atoms with E-state index in [-0.39, 0.29) is 11.2 Å². The van der Waals surface area contributed by atoms with Gasteiger partial charge in [-0.3, -0.25) is 0 Å². The summed E-state index contributed by atoms with van der Waals surface area (Å²) in [6, 6.07) is 0. The highest BCUT2D eigenvalue weighted by molar-refractivity contribution is 5.72. The normalized spacial score (nSPS) is 9.30. The van der Waals surface area contributed by atoms with E-state index in [4.69, 9.17) is 0 Å². The molecular weight excluding hydrogens is 128 g/mol. The van der Waals surface area contributed by atoms with Crippen molar-refractivity contribution < 1.29 is 9.59 Å². The molecule has 10 heavy (non-hydrogen) atoms. The summed E-state index contributed by atoms with van der Waals surface area (Å²) < 4.78 is 0. The van der Waals surface area contributed by atoms with Gasteiger partial charge in [0, 0.05) is 5.41 Å². The average Bonchev–Trinajstić information content (AvgIpc) is 1.63. The molecule has 0 N–H and O–H groups in total. The lowest BCUT2D eigenvalue weighted by molar-refractivity contribution is -0.115. The van der Waals surface area contributed by atoms with Crippen molar-refractivity contribution in [3.63, 3.8) is 0 Å². The van der Waals surface area contributed by atoms with Crippen LogP contribution < -0.4 is 0 Å². The van der Waals surface area contributed by atoms with Crippen molar-refractivity contribution in [2.45, 2.75) is 34.6 Å². The summed E-state index contributed by atoms with van der Waals surface area (Å²) in [6.07, 6.45) is 0.938. The number of hydrogen-bond donors (Lipinski definition) is 0. The van der Waals surface area contributed by atoms with Crippen LogP contribution in [-0.2, 0) is 9.59 Å². The molecule has 0 amide bonds. The standard InChI is InChI=1S/C5H10O.C3H6O/c1-5(2,3)4-6;1-3(2)4/h4H,1-3H3;1-2H3. The topological polar surface area (TPSA) is 34.1 Å². The molecule has 0 aliphatic heterocycles. The van der Waals surface area contributed by atoms with Gasteiger partial charge < -0.3 is 9.59 Å². The van der Waals surface area contributed by atoms with E-state index in [2.05, 4.69) is 0 Å². The maximum Gasteiger partial charge on any atom is 0.126 e. The fraction of sp³-hybridized carbons (Fsp3) is 0.750. The van der Waals surface area contributed by atoms with Gasteiger partial charge in [0.1, 0.15) is 12.1 Å². The third-order valence-corrected chi connectivity index (χ3v) is 0.354. The summed E-state index contributed by atoms with van der Waals surface area (Å²) in [5.74, 6) is 0.167. The smallest absolute Gasteiger partial charge is 0.126 e. The van der Waals surface area contributed by atoms with Gasteiger partial charge in [-0.1, -0.05) is 20.8 Å². The van der Waals surface area contributed by atoms with Gasteiger partial charge >= 0.3 is 0 Å². The van der Waals surface area contributed by atoms with E-state index in [0.29, 0.717) is 0 Å². The van der Waals surface area contributed by atoms with E-state index >= 15 is 0 Å². The Morgan fingerprint density at radius 2 is 1.30 bits per heavy atom. The first-order valence-corrected chi connectivity index (χ1v) is 3.23. The quantitative estimate of drug-likeness (QED) is 0.486. The van der Waals surface area contributed by atoms with Crippen LogP contribution >= 0.6 is 0 Å². The maximum atomic E-state index is 9.83. The van der Waals surface area contributed by atoms with Gasteiger partial charge in [-0.25, -0.2) is 0 Å². The molecule has 2 heteroatoms. The minimum Gasteiger partial charge on any atom is -0.303 e.